The Morgan fingerprint density at radius 2 is 1.89 bits per heavy atom. The summed E-state index contributed by atoms with van der Waals surface area (Å²) in [6, 6.07) is 7.98. The Bertz CT molecular complexity index is 473. The summed E-state index contributed by atoms with van der Waals surface area (Å²) in [5.74, 6) is 0.337. The zero-order valence-electron chi connectivity index (χ0n) is 11.0. The van der Waals surface area contributed by atoms with Crippen molar-refractivity contribution in [2.45, 2.75) is 26.4 Å². The smallest absolute Gasteiger partial charge is 0.209 e. The molecular formula is C13H20BrNO3S. The number of rotatable bonds is 8. The first-order chi connectivity index (χ1) is 8.87. The van der Waals surface area contributed by atoms with Gasteiger partial charge in [0.25, 0.3) is 0 Å². The highest BCUT2D eigenvalue weighted by atomic mass is 79.9. The molecule has 4 nitrogen and oxygen atoms in total. The van der Waals surface area contributed by atoms with Crippen LogP contribution in [0.3, 0.4) is 0 Å². The maximum Gasteiger partial charge on any atom is 0.209 e. The third-order valence-electron chi connectivity index (χ3n) is 2.83. The van der Waals surface area contributed by atoms with Gasteiger partial charge in [-0.25, -0.2) is 13.6 Å². The number of benzene rings is 1. The minimum atomic E-state index is -3.34. The molecule has 1 aromatic rings. The van der Waals surface area contributed by atoms with Crippen LogP contribution >= 0.6 is 15.9 Å². The molecule has 0 aliphatic rings. The van der Waals surface area contributed by atoms with Gasteiger partial charge in [-0.3, -0.25) is 0 Å². The van der Waals surface area contributed by atoms with Gasteiger partial charge >= 0.3 is 0 Å². The van der Waals surface area contributed by atoms with Crippen molar-refractivity contribution in [2.24, 2.45) is 11.1 Å². The molecule has 0 aliphatic carbocycles. The average Bonchev–Trinajstić information content (AvgIpc) is 2.33. The summed E-state index contributed by atoms with van der Waals surface area (Å²) in [4.78, 5) is 0. The van der Waals surface area contributed by atoms with Crippen LogP contribution < -0.4 is 5.14 Å². The van der Waals surface area contributed by atoms with E-state index < -0.39 is 10.0 Å². The van der Waals surface area contributed by atoms with Crippen LogP contribution in [0.5, 0.6) is 0 Å². The number of hydrogen-bond donors (Lipinski definition) is 1. The van der Waals surface area contributed by atoms with E-state index in [1.807, 2.05) is 31.2 Å². The lowest BCUT2D eigenvalue weighted by Crippen LogP contribution is -2.18. The normalized spacial score (nSPS) is 13.4. The summed E-state index contributed by atoms with van der Waals surface area (Å²) >= 11 is 3.38. The Kier molecular flexibility index (Phi) is 6.99. The molecule has 0 aliphatic heterocycles. The van der Waals surface area contributed by atoms with Crippen molar-refractivity contribution in [2.75, 3.05) is 12.4 Å². The fraction of sp³-hybridized carbons (Fsp3) is 0.538. The van der Waals surface area contributed by atoms with Gasteiger partial charge in [-0.05, 0) is 36.5 Å². The van der Waals surface area contributed by atoms with E-state index in [2.05, 4.69) is 15.9 Å². The Morgan fingerprint density at radius 1 is 1.26 bits per heavy atom. The van der Waals surface area contributed by atoms with Crippen LogP contribution in [0.1, 0.15) is 25.3 Å². The van der Waals surface area contributed by atoms with E-state index in [0.717, 1.165) is 16.5 Å². The first kappa shape index (κ1) is 16.6. The van der Waals surface area contributed by atoms with Crippen molar-refractivity contribution in [1.29, 1.82) is 0 Å². The van der Waals surface area contributed by atoms with Gasteiger partial charge in [0.05, 0.1) is 12.4 Å². The second-order valence-corrected chi connectivity index (χ2v) is 7.38. The van der Waals surface area contributed by atoms with Gasteiger partial charge in [0, 0.05) is 11.1 Å². The van der Waals surface area contributed by atoms with Gasteiger partial charge in [-0.1, -0.05) is 35.0 Å². The first-order valence-corrected chi connectivity index (χ1v) is 8.70. The molecule has 19 heavy (non-hydrogen) atoms. The molecule has 1 rings (SSSR count). The van der Waals surface area contributed by atoms with E-state index in [9.17, 15) is 8.42 Å². The maximum atomic E-state index is 10.8. The second-order valence-electron chi connectivity index (χ2n) is 4.73. The van der Waals surface area contributed by atoms with Crippen LogP contribution in [-0.2, 0) is 21.4 Å². The van der Waals surface area contributed by atoms with Crippen LogP contribution in [0.15, 0.2) is 28.7 Å². The highest BCUT2D eigenvalue weighted by Crippen LogP contribution is 2.12. The quantitative estimate of drug-likeness (QED) is 0.733. The summed E-state index contributed by atoms with van der Waals surface area (Å²) < 4.78 is 28.3. The minimum absolute atomic E-state index is 0.0425. The number of hydrogen-bond acceptors (Lipinski definition) is 3. The predicted molar refractivity (Wildman–Crippen MR) is 80.2 cm³/mol. The first-order valence-electron chi connectivity index (χ1n) is 6.19. The highest BCUT2D eigenvalue weighted by molar-refractivity contribution is 9.10. The molecule has 0 heterocycles. The fourth-order valence-corrected chi connectivity index (χ4v) is 2.56. The van der Waals surface area contributed by atoms with Gasteiger partial charge < -0.3 is 4.74 Å². The zero-order valence-corrected chi connectivity index (χ0v) is 13.4. The van der Waals surface area contributed by atoms with Crippen molar-refractivity contribution in [1.82, 2.24) is 0 Å². The van der Waals surface area contributed by atoms with E-state index in [-0.39, 0.29) is 5.75 Å². The van der Waals surface area contributed by atoms with Crippen molar-refractivity contribution < 1.29 is 13.2 Å². The van der Waals surface area contributed by atoms with Crippen LogP contribution in [0.2, 0.25) is 0 Å². The molecule has 0 bridgehead atoms. The topological polar surface area (TPSA) is 69.4 Å². The molecular weight excluding hydrogens is 330 g/mol. The molecule has 0 spiro atoms. The number of nitrogens with two attached hydrogens (primary N) is 1. The largest absolute Gasteiger partial charge is 0.377 e. The third-order valence-corrected chi connectivity index (χ3v) is 4.17. The monoisotopic (exact) mass is 349 g/mol. The maximum absolute atomic E-state index is 10.8. The summed E-state index contributed by atoms with van der Waals surface area (Å²) in [6.45, 7) is 3.21. The van der Waals surface area contributed by atoms with Crippen molar-refractivity contribution in [3.8, 4) is 0 Å². The molecule has 0 saturated carbocycles. The van der Waals surface area contributed by atoms with Crippen molar-refractivity contribution in [3.63, 3.8) is 0 Å². The van der Waals surface area contributed by atoms with Crippen molar-refractivity contribution >= 4 is 26.0 Å². The lowest BCUT2D eigenvalue weighted by Gasteiger charge is -2.11. The standard InChI is InChI=1S/C13H20BrNO3S/c1-11(7-9-19(15,16)17)6-8-18-10-12-2-4-13(14)5-3-12/h2-5,11H,6-10H2,1H3,(H2,15,16,17). The molecule has 1 unspecified atom stereocenters. The summed E-state index contributed by atoms with van der Waals surface area (Å²) in [5, 5.41) is 4.96. The van der Waals surface area contributed by atoms with Gasteiger partial charge in [-0.15, -0.1) is 0 Å². The SMILES string of the molecule is CC(CCOCc1ccc(Br)cc1)CCS(N)(=O)=O. The number of sulfonamides is 1. The zero-order chi connectivity index (χ0) is 14.3. The molecule has 0 amide bonds. The number of primary sulfonamides is 1. The summed E-state index contributed by atoms with van der Waals surface area (Å²) in [7, 11) is -3.34. The van der Waals surface area contributed by atoms with Gasteiger partial charge in [0.1, 0.15) is 0 Å². The van der Waals surface area contributed by atoms with Crippen molar-refractivity contribution in [3.05, 3.63) is 34.3 Å². The molecule has 0 fully saturated rings. The van der Waals surface area contributed by atoms with E-state index >= 15 is 0 Å². The highest BCUT2D eigenvalue weighted by Gasteiger charge is 2.08. The van der Waals surface area contributed by atoms with Crippen LogP contribution in [-0.4, -0.2) is 20.8 Å². The molecule has 1 aromatic carbocycles. The van der Waals surface area contributed by atoms with Gasteiger partial charge in [0.2, 0.25) is 10.0 Å². The Balaban J connectivity index is 2.15. The molecule has 2 N–H and O–H groups in total. The van der Waals surface area contributed by atoms with E-state index in [4.69, 9.17) is 9.88 Å². The Labute approximate surface area is 123 Å². The molecule has 0 radical (unpaired) electrons. The van der Waals surface area contributed by atoms with E-state index in [0.29, 0.717) is 25.6 Å². The molecule has 0 aromatic heterocycles. The summed E-state index contributed by atoms with van der Waals surface area (Å²) in [5.41, 5.74) is 1.13. The van der Waals surface area contributed by atoms with E-state index in [1.54, 1.807) is 0 Å². The van der Waals surface area contributed by atoms with Gasteiger partial charge in [0.15, 0.2) is 0 Å². The molecule has 1 atom stereocenters. The summed E-state index contributed by atoms with van der Waals surface area (Å²) in [6.07, 6.45) is 1.42. The fourth-order valence-electron chi connectivity index (χ4n) is 1.56. The van der Waals surface area contributed by atoms with Crippen LogP contribution in [0.4, 0.5) is 0 Å². The van der Waals surface area contributed by atoms with E-state index in [1.165, 1.54) is 0 Å². The molecule has 108 valence electrons. The minimum Gasteiger partial charge on any atom is -0.377 e. The lowest BCUT2D eigenvalue weighted by atomic mass is 10.1. The lowest BCUT2D eigenvalue weighted by molar-refractivity contribution is 0.108. The third kappa shape index (κ3) is 8.36. The average molecular weight is 350 g/mol. The number of ether oxygens (including phenoxy) is 1. The van der Waals surface area contributed by atoms with Gasteiger partial charge in [-0.2, -0.15) is 0 Å². The Hall–Kier alpha value is -0.430. The number of halogens is 1. The molecule has 0 saturated heterocycles. The Morgan fingerprint density at radius 3 is 2.47 bits per heavy atom. The van der Waals surface area contributed by atoms with Crippen LogP contribution in [0, 0.1) is 5.92 Å². The van der Waals surface area contributed by atoms with Crippen LogP contribution in [0.25, 0.3) is 0 Å². The second kappa shape index (κ2) is 7.99. The predicted octanol–water partition coefficient (Wildman–Crippen LogP) is 2.67. The molecule has 6 heteroatoms.